The molecule has 0 spiro atoms. The number of hydrogen-bond donors (Lipinski definition) is 1. The number of halogens is 2. The highest BCUT2D eigenvalue weighted by Gasteiger charge is 2.48. The molecule has 0 saturated carbocycles. The number of hydrogen-bond acceptors (Lipinski definition) is 8. The lowest BCUT2D eigenvalue weighted by Gasteiger charge is -2.31. The zero-order chi connectivity index (χ0) is 31.8. The summed E-state index contributed by atoms with van der Waals surface area (Å²) < 4.78 is 49.0. The fraction of sp³-hybridized carbons (Fsp3) is 0.417. The molecule has 7 rings (SSSR count). The average molecular weight is 627 g/mol. The van der Waals surface area contributed by atoms with Crippen LogP contribution in [-0.4, -0.2) is 70.2 Å². The van der Waals surface area contributed by atoms with Crippen molar-refractivity contribution in [1.29, 1.82) is 0 Å². The highest BCUT2D eigenvalue weighted by atomic mass is 19.1. The minimum Gasteiger partial charge on any atom is -0.468 e. The zero-order valence-corrected chi connectivity index (χ0v) is 25.8. The first-order valence-electron chi connectivity index (χ1n) is 15.8. The van der Waals surface area contributed by atoms with E-state index in [1.807, 2.05) is 0 Å². The molecule has 2 atom stereocenters. The van der Waals surface area contributed by atoms with Crippen molar-refractivity contribution < 1.29 is 28.1 Å². The monoisotopic (exact) mass is 626 g/mol. The van der Waals surface area contributed by atoms with Crippen LogP contribution in [0.4, 0.5) is 8.78 Å². The summed E-state index contributed by atoms with van der Waals surface area (Å²) in [4.78, 5) is 16.4. The molecule has 4 heterocycles. The van der Waals surface area contributed by atoms with E-state index in [-0.39, 0.29) is 46.6 Å². The van der Waals surface area contributed by atoms with Crippen molar-refractivity contribution in [2.24, 2.45) is 0 Å². The van der Waals surface area contributed by atoms with Gasteiger partial charge in [0.25, 0.3) is 0 Å². The Morgan fingerprint density at radius 2 is 1.96 bits per heavy atom. The van der Waals surface area contributed by atoms with Gasteiger partial charge in [-0.05, 0) is 75.1 Å². The fourth-order valence-electron chi connectivity index (χ4n) is 7.51. The molecular weight excluding hydrogens is 590 g/mol. The van der Waals surface area contributed by atoms with Crippen LogP contribution in [0.5, 0.6) is 11.8 Å². The second-order valence-corrected chi connectivity index (χ2v) is 12.5. The van der Waals surface area contributed by atoms with Gasteiger partial charge in [0.1, 0.15) is 29.4 Å². The Bertz CT molecular complexity index is 1870. The molecule has 2 aromatic carbocycles. The van der Waals surface area contributed by atoms with Gasteiger partial charge in [0.05, 0.1) is 22.9 Å². The summed E-state index contributed by atoms with van der Waals surface area (Å²) in [5, 5.41) is 11.8. The normalized spacial score (nSPS) is 21.8. The summed E-state index contributed by atoms with van der Waals surface area (Å²) in [7, 11) is 1.50. The molecule has 10 heteroatoms. The first-order valence-corrected chi connectivity index (χ1v) is 15.8. The molecule has 3 aliphatic rings. The summed E-state index contributed by atoms with van der Waals surface area (Å²) in [6.45, 7) is 1.79. The highest BCUT2D eigenvalue weighted by molar-refractivity contribution is 6.02. The van der Waals surface area contributed by atoms with Gasteiger partial charge in [0, 0.05) is 42.1 Å². The van der Waals surface area contributed by atoms with E-state index < -0.39 is 17.7 Å². The van der Waals surface area contributed by atoms with E-state index in [1.54, 1.807) is 24.4 Å². The topological polar surface area (TPSA) is 89.8 Å². The van der Waals surface area contributed by atoms with Crippen LogP contribution in [-0.2, 0) is 4.74 Å². The first-order chi connectivity index (χ1) is 22.4. The van der Waals surface area contributed by atoms with Crippen LogP contribution in [0, 0.1) is 24.0 Å². The third kappa shape index (κ3) is 5.46. The van der Waals surface area contributed by atoms with Crippen LogP contribution in [0.25, 0.3) is 32.9 Å². The van der Waals surface area contributed by atoms with Crippen LogP contribution in [0.1, 0.15) is 62.1 Å². The Balaban J connectivity index is 1.38. The number of β-amino-alcohol motifs (C(OH)–C–C–N with tert-alkyl or cyclic N) is 1. The van der Waals surface area contributed by atoms with E-state index in [2.05, 4.69) is 32.9 Å². The van der Waals surface area contributed by atoms with Gasteiger partial charge in [-0.2, -0.15) is 9.97 Å². The van der Waals surface area contributed by atoms with Gasteiger partial charge in [0.15, 0.2) is 12.6 Å². The largest absolute Gasteiger partial charge is 0.468 e. The molecule has 0 unspecified atom stereocenters. The summed E-state index contributed by atoms with van der Waals surface area (Å²) in [5.74, 6) is 1.59. The van der Waals surface area contributed by atoms with Gasteiger partial charge in [-0.3, -0.25) is 9.88 Å². The maximum atomic E-state index is 16.9. The number of rotatable bonds is 8. The standard InChI is InChI=1S/C36H36F2N4O4/c1-3-26-29(37)12-11-23-15-25(46-21-44-2)16-27(30(23)26)33-31(38)34-28(18-39-33)32(22-9-6-4-5-7-10-22)40-35(41-34)45-20-36-13-8-14-42(36)19-24(43)17-36/h1,4-5,11-12,15-16,18,22,24,43H,6-10,13-14,17,19-21H2,2H3/t24-,36+/m1/s1. The predicted molar refractivity (Wildman–Crippen MR) is 171 cm³/mol. The molecule has 1 N–H and O–H groups in total. The highest BCUT2D eigenvalue weighted by Crippen LogP contribution is 2.42. The number of terminal acetylenes is 1. The number of nitrogens with zero attached hydrogens (tertiary/aromatic N) is 4. The first kappa shape index (κ1) is 30.5. The van der Waals surface area contributed by atoms with Crippen molar-refractivity contribution in [3.05, 3.63) is 65.5 Å². The Labute approximate surface area is 266 Å². The van der Waals surface area contributed by atoms with Crippen molar-refractivity contribution in [1.82, 2.24) is 19.9 Å². The van der Waals surface area contributed by atoms with Gasteiger partial charge < -0.3 is 19.3 Å². The second-order valence-electron chi connectivity index (χ2n) is 12.5. The number of aliphatic hydroxyl groups is 1. The number of fused-ring (bicyclic) bond motifs is 3. The number of allylic oxidation sites excluding steroid dienone is 2. The quantitative estimate of drug-likeness (QED) is 0.139. The van der Waals surface area contributed by atoms with E-state index >= 15 is 4.39 Å². The molecule has 0 bridgehead atoms. The summed E-state index contributed by atoms with van der Waals surface area (Å²) >= 11 is 0. The average Bonchev–Trinajstić information content (AvgIpc) is 3.44. The molecule has 8 nitrogen and oxygen atoms in total. The van der Waals surface area contributed by atoms with Crippen molar-refractivity contribution in [2.45, 2.75) is 62.5 Å². The van der Waals surface area contributed by atoms with Gasteiger partial charge in [-0.1, -0.05) is 24.1 Å². The number of aromatic nitrogens is 3. The number of methoxy groups -OCH3 is 1. The maximum absolute atomic E-state index is 16.9. The Hall–Kier alpha value is -4.17. The minimum atomic E-state index is -0.688. The van der Waals surface area contributed by atoms with Gasteiger partial charge in [-0.15, -0.1) is 6.42 Å². The van der Waals surface area contributed by atoms with E-state index in [0.29, 0.717) is 47.2 Å². The maximum Gasteiger partial charge on any atom is 0.317 e. The number of pyridine rings is 1. The molecule has 2 fully saturated rings. The smallest absolute Gasteiger partial charge is 0.317 e. The van der Waals surface area contributed by atoms with Crippen molar-refractivity contribution in [3.8, 4) is 35.4 Å². The number of ether oxygens (including phenoxy) is 3. The summed E-state index contributed by atoms with van der Waals surface area (Å²) in [6.07, 6.45) is 17.3. The van der Waals surface area contributed by atoms with Crippen LogP contribution in [0.2, 0.25) is 0 Å². The molecular formula is C36H36F2N4O4. The zero-order valence-electron chi connectivity index (χ0n) is 25.8. The molecule has 2 saturated heterocycles. The van der Waals surface area contributed by atoms with E-state index in [9.17, 15) is 9.50 Å². The third-order valence-corrected chi connectivity index (χ3v) is 9.65. The molecule has 46 heavy (non-hydrogen) atoms. The van der Waals surface area contributed by atoms with Crippen LogP contribution in [0.15, 0.2) is 42.6 Å². The van der Waals surface area contributed by atoms with E-state index in [4.69, 9.17) is 25.6 Å². The molecule has 2 aliphatic heterocycles. The van der Waals surface area contributed by atoms with Gasteiger partial charge in [-0.25, -0.2) is 8.78 Å². The van der Waals surface area contributed by atoms with Crippen molar-refractivity contribution in [2.75, 3.05) is 33.6 Å². The lowest BCUT2D eigenvalue weighted by Crippen LogP contribution is -2.43. The van der Waals surface area contributed by atoms with Crippen LogP contribution < -0.4 is 9.47 Å². The second kappa shape index (κ2) is 12.6. The predicted octanol–water partition coefficient (Wildman–Crippen LogP) is 6.28. The third-order valence-electron chi connectivity index (χ3n) is 9.65. The number of benzene rings is 2. The molecule has 238 valence electrons. The molecule has 0 amide bonds. The number of aliphatic hydroxyl groups excluding tert-OH is 1. The SMILES string of the molecule is C#Cc1c(F)ccc2cc(OCOC)cc(-c3ncc4c(C5CCC=CCC5)nc(OC[C@@]56CCCN5C[C@H](O)C6)nc4c3F)c12. The van der Waals surface area contributed by atoms with Crippen LogP contribution in [0.3, 0.4) is 0 Å². The van der Waals surface area contributed by atoms with E-state index in [1.165, 1.54) is 13.2 Å². The molecule has 4 aromatic rings. The minimum absolute atomic E-state index is 0.00423. The van der Waals surface area contributed by atoms with Crippen molar-refractivity contribution >= 4 is 21.7 Å². The Kier molecular flexibility index (Phi) is 8.32. The molecule has 2 aromatic heterocycles. The lowest BCUT2D eigenvalue weighted by atomic mass is 9.92. The summed E-state index contributed by atoms with van der Waals surface area (Å²) in [6, 6.07) is 6.25. The lowest BCUT2D eigenvalue weighted by molar-refractivity contribution is 0.0512. The van der Waals surface area contributed by atoms with Gasteiger partial charge >= 0.3 is 6.01 Å². The van der Waals surface area contributed by atoms with E-state index in [0.717, 1.165) is 45.1 Å². The molecule has 0 radical (unpaired) electrons. The van der Waals surface area contributed by atoms with Gasteiger partial charge in [0.2, 0.25) is 0 Å². The fourth-order valence-corrected chi connectivity index (χ4v) is 7.51. The molecule has 1 aliphatic carbocycles. The van der Waals surface area contributed by atoms with Crippen molar-refractivity contribution in [3.63, 3.8) is 0 Å². The Morgan fingerprint density at radius 3 is 2.74 bits per heavy atom. The van der Waals surface area contributed by atoms with Crippen LogP contribution >= 0.6 is 0 Å². The summed E-state index contributed by atoms with van der Waals surface area (Å²) in [5.41, 5.74) is 0.723. The Morgan fingerprint density at radius 1 is 1.13 bits per heavy atom.